The molecule has 0 spiro atoms. The van der Waals surface area contributed by atoms with E-state index in [4.69, 9.17) is 4.74 Å². The topological polar surface area (TPSA) is 84.1 Å². The molecule has 7 heteroatoms. The summed E-state index contributed by atoms with van der Waals surface area (Å²) in [6.07, 6.45) is 3.79. The molecule has 1 aromatic heterocycles. The average molecular weight is 472 g/mol. The molecule has 0 amide bonds. The van der Waals surface area contributed by atoms with Gasteiger partial charge in [-0.1, -0.05) is 60.3 Å². The number of ether oxygens (including phenoxy) is 1. The lowest BCUT2D eigenvalue weighted by Crippen LogP contribution is -2.32. The van der Waals surface area contributed by atoms with Crippen LogP contribution in [0.3, 0.4) is 0 Å². The maximum absolute atomic E-state index is 13.3. The second kappa shape index (κ2) is 9.73. The fourth-order valence-corrected chi connectivity index (χ4v) is 5.10. The van der Waals surface area contributed by atoms with Gasteiger partial charge in [0, 0.05) is 29.4 Å². The van der Waals surface area contributed by atoms with Crippen LogP contribution in [0.15, 0.2) is 88.5 Å². The van der Waals surface area contributed by atoms with Crippen molar-refractivity contribution in [1.29, 1.82) is 0 Å². The number of carbonyl (C=O) groups is 1. The molecule has 5 rings (SSSR count). The number of benzene rings is 2. The highest BCUT2D eigenvalue weighted by Crippen LogP contribution is 2.44. The van der Waals surface area contributed by atoms with E-state index in [9.17, 15) is 9.59 Å². The number of aromatic nitrogens is 2. The summed E-state index contributed by atoms with van der Waals surface area (Å²) in [5.74, 6) is 1.43. The normalized spacial score (nSPS) is 16.9. The Kier molecular flexibility index (Phi) is 6.36. The van der Waals surface area contributed by atoms with Gasteiger partial charge in [-0.15, -0.1) is 6.58 Å². The highest BCUT2D eigenvalue weighted by atomic mass is 32.2. The van der Waals surface area contributed by atoms with Crippen molar-refractivity contribution in [3.05, 3.63) is 106 Å². The fraction of sp³-hybridized carbons (Fsp3) is 0.222. The van der Waals surface area contributed by atoms with Crippen molar-refractivity contribution in [2.75, 3.05) is 11.1 Å². The summed E-state index contributed by atoms with van der Waals surface area (Å²) in [5.41, 5.74) is 3.67. The van der Waals surface area contributed by atoms with E-state index in [1.165, 1.54) is 11.8 Å². The molecule has 2 heterocycles. The number of Topliss-reactive ketones (excluding diaryl/α,β-unsaturated/α-hetero) is 1. The van der Waals surface area contributed by atoms with Crippen LogP contribution < -0.4 is 15.6 Å². The number of nitrogens with one attached hydrogen (secondary N) is 2. The third-order valence-electron chi connectivity index (χ3n) is 6.01. The molecule has 2 N–H and O–H groups in total. The lowest BCUT2D eigenvalue weighted by atomic mass is 9.76. The molecule has 0 saturated heterocycles. The third kappa shape index (κ3) is 4.43. The van der Waals surface area contributed by atoms with E-state index in [0.29, 0.717) is 46.6 Å². The number of ketones is 1. The molecule has 0 bridgehead atoms. The number of hydrogen-bond donors (Lipinski definition) is 2. The van der Waals surface area contributed by atoms with Crippen LogP contribution in [0, 0.1) is 0 Å². The number of aromatic amines is 1. The van der Waals surface area contributed by atoms with Crippen LogP contribution in [0.4, 0.5) is 5.82 Å². The Labute approximate surface area is 202 Å². The molecule has 0 radical (unpaired) electrons. The number of carbonyl (C=O) groups excluding carboxylic acids is 1. The Morgan fingerprint density at radius 3 is 2.79 bits per heavy atom. The summed E-state index contributed by atoms with van der Waals surface area (Å²) in [7, 11) is 0. The number of nitrogens with zero attached hydrogens (tertiary/aromatic N) is 1. The summed E-state index contributed by atoms with van der Waals surface area (Å²) in [6, 6.07) is 17.6. The van der Waals surface area contributed by atoms with E-state index in [0.717, 1.165) is 29.7 Å². The quantitative estimate of drug-likeness (QED) is 0.280. The minimum absolute atomic E-state index is 0.0736. The Bertz CT molecular complexity index is 1330. The van der Waals surface area contributed by atoms with Gasteiger partial charge >= 0.3 is 0 Å². The van der Waals surface area contributed by atoms with Crippen LogP contribution in [-0.2, 0) is 11.4 Å². The predicted octanol–water partition coefficient (Wildman–Crippen LogP) is 5.19. The van der Waals surface area contributed by atoms with E-state index >= 15 is 0 Å². The largest absolute Gasteiger partial charge is 0.489 e. The molecule has 1 aliphatic carbocycles. The fourth-order valence-electron chi connectivity index (χ4n) is 4.50. The van der Waals surface area contributed by atoms with Crippen LogP contribution in [0.25, 0.3) is 0 Å². The first-order valence-corrected chi connectivity index (χ1v) is 12.3. The maximum Gasteiger partial charge on any atom is 0.257 e. The van der Waals surface area contributed by atoms with Gasteiger partial charge in [-0.3, -0.25) is 9.59 Å². The predicted molar refractivity (Wildman–Crippen MR) is 134 cm³/mol. The standard InChI is InChI=1S/C27H25N3O3S/c1-2-14-34-27-29-25-24(26(32)30-27)22(23-20(28-25)12-7-13-21(23)31)18-10-6-11-19(15-18)33-16-17-8-4-3-5-9-17/h2-6,8-11,15,22H,1,7,12-14,16H2,(H2,28,29,30,32)/t22-/m0/s1. The average Bonchev–Trinajstić information content (AvgIpc) is 2.86. The minimum Gasteiger partial charge on any atom is -0.489 e. The SMILES string of the molecule is C=CCSc1nc2c(c(=O)[nH]1)[C@@H](c1cccc(OCc3ccccc3)c1)C1=C(CCCC1=O)N2. The first-order chi connectivity index (χ1) is 16.6. The van der Waals surface area contributed by atoms with Gasteiger partial charge in [-0.2, -0.15) is 0 Å². The van der Waals surface area contributed by atoms with Crippen molar-refractivity contribution in [2.24, 2.45) is 0 Å². The van der Waals surface area contributed by atoms with Gasteiger partial charge in [0.1, 0.15) is 18.2 Å². The number of thioether (sulfide) groups is 1. The van der Waals surface area contributed by atoms with Crippen LogP contribution in [-0.4, -0.2) is 21.5 Å². The smallest absolute Gasteiger partial charge is 0.257 e. The van der Waals surface area contributed by atoms with E-state index in [1.807, 2.05) is 54.6 Å². The summed E-state index contributed by atoms with van der Waals surface area (Å²) in [5, 5.41) is 3.83. The van der Waals surface area contributed by atoms with E-state index in [2.05, 4.69) is 21.9 Å². The van der Waals surface area contributed by atoms with E-state index < -0.39 is 5.92 Å². The van der Waals surface area contributed by atoms with E-state index in [1.54, 1.807) is 6.08 Å². The highest BCUT2D eigenvalue weighted by molar-refractivity contribution is 7.99. The van der Waals surface area contributed by atoms with Gasteiger partial charge < -0.3 is 15.0 Å². The second-order valence-electron chi connectivity index (χ2n) is 8.31. The summed E-state index contributed by atoms with van der Waals surface area (Å²) in [6.45, 7) is 4.17. The van der Waals surface area contributed by atoms with Crippen LogP contribution in [0.5, 0.6) is 5.75 Å². The molecule has 172 valence electrons. The van der Waals surface area contributed by atoms with E-state index in [-0.39, 0.29) is 11.3 Å². The van der Waals surface area contributed by atoms with Crippen molar-refractivity contribution in [3.8, 4) is 5.75 Å². The lowest BCUT2D eigenvalue weighted by Gasteiger charge is -2.32. The Balaban J connectivity index is 1.55. The molecule has 34 heavy (non-hydrogen) atoms. The highest BCUT2D eigenvalue weighted by Gasteiger charge is 2.38. The molecule has 0 fully saturated rings. The van der Waals surface area contributed by atoms with Gasteiger partial charge in [0.25, 0.3) is 5.56 Å². The first-order valence-electron chi connectivity index (χ1n) is 11.3. The van der Waals surface area contributed by atoms with Crippen molar-refractivity contribution in [1.82, 2.24) is 9.97 Å². The third-order valence-corrected chi connectivity index (χ3v) is 6.88. The molecule has 1 atom stereocenters. The zero-order chi connectivity index (χ0) is 23.5. The zero-order valence-electron chi connectivity index (χ0n) is 18.7. The zero-order valence-corrected chi connectivity index (χ0v) is 19.5. The monoisotopic (exact) mass is 471 g/mol. The van der Waals surface area contributed by atoms with Crippen molar-refractivity contribution >= 4 is 23.4 Å². The molecule has 6 nitrogen and oxygen atoms in total. The van der Waals surface area contributed by atoms with Crippen molar-refractivity contribution in [3.63, 3.8) is 0 Å². The van der Waals surface area contributed by atoms with Gasteiger partial charge in [0.05, 0.1) is 5.56 Å². The molecular weight excluding hydrogens is 446 g/mol. The number of H-pyrrole nitrogens is 1. The van der Waals surface area contributed by atoms with Crippen molar-refractivity contribution in [2.45, 2.75) is 36.9 Å². The van der Waals surface area contributed by atoms with Gasteiger partial charge in [-0.05, 0) is 36.1 Å². The minimum atomic E-state index is -0.492. The Hall–Kier alpha value is -3.58. The molecule has 2 aromatic carbocycles. The molecule has 1 aliphatic heterocycles. The van der Waals surface area contributed by atoms with Crippen LogP contribution >= 0.6 is 11.8 Å². The first kappa shape index (κ1) is 22.2. The molecule has 3 aromatic rings. The maximum atomic E-state index is 13.3. The summed E-state index contributed by atoms with van der Waals surface area (Å²) >= 11 is 1.41. The molecular formula is C27H25N3O3S. The van der Waals surface area contributed by atoms with Crippen LogP contribution in [0.1, 0.15) is 41.9 Å². The van der Waals surface area contributed by atoms with Gasteiger partial charge in [0.15, 0.2) is 10.9 Å². The number of fused-ring (bicyclic) bond motifs is 1. The van der Waals surface area contributed by atoms with Gasteiger partial charge in [-0.25, -0.2) is 4.98 Å². The second-order valence-corrected chi connectivity index (χ2v) is 9.32. The summed E-state index contributed by atoms with van der Waals surface area (Å²) in [4.78, 5) is 33.9. The number of allylic oxidation sites excluding steroid dienone is 2. The van der Waals surface area contributed by atoms with Crippen molar-refractivity contribution < 1.29 is 9.53 Å². The Morgan fingerprint density at radius 1 is 1.12 bits per heavy atom. The summed E-state index contributed by atoms with van der Waals surface area (Å²) < 4.78 is 6.04. The number of hydrogen-bond acceptors (Lipinski definition) is 6. The molecule has 0 saturated carbocycles. The molecule has 2 aliphatic rings. The van der Waals surface area contributed by atoms with Gasteiger partial charge in [0.2, 0.25) is 0 Å². The molecule has 0 unspecified atom stereocenters. The van der Waals surface area contributed by atoms with Crippen LogP contribution in [0.2, 0.25) is 0 Å². The Morgan fingerprint density at radius 2 is 1.97 bits per heavy atom. The number of anilines is 1. The lowest BCUT2D eigenvalue weighted by molar-refractivity contribution is -0.116. The number of rotatable bonds is 7.